The molecule has 1 amide bonds. The molecule has 5 heteroatoms. The lowest BCUT2D eigenvalue weighted by atomic mass is 10.1. The topological polar surface area (TPSA) is 40.5 Å². The minimum atomic E-state index is -0.0255. The van der Waals surface area contributed by atoms with Crippen molar-refractivity contribution in [2.75, 3.05) is 19.7 Å². The van der Waals surface area contributed by atoms with Gasteiger partial charge in [-0.25, -0.2) is 0 Å². The number of aliphatic hydroxyl groups is 1. The van der Waals surface area contributed by atoms with Crippen molar-refractivity contribution < 1.29 is 9.90 Å². The summed E-state index contributed by atoms with van der Waals surface area (Å²) in [7, 11) is 0. The van der Waals surface area contributed by atoms with Crippen molar-refractivity contribution >= 4 is 29.1 Å². The molecule has 0 aliphatic heterocycles. The fraction of sp³-hybridized carbons (Fsp3) is 0.500. The molecule has 2 rings (SSSR count). The maximum Gasteiger partial charge on any atom is 0.226 e. The molecule has 1 aromatic rings. The van der Waals surface area contributed by atoms with E-state index >= 15 is 0 Å². The van der Waals surface area contributed by atoms with Crippen molar-refractivity contribution in [3.8, 4) is 0 Å². The first-order valence-corrected chi connectivity index (χ1v) is 7.19. The van der Waals surface area contributed by atoms with Gasteiger partial charge in [0.1, 0.15) is 0 Å². The summed E-state index contributed by atoms with van der Waals surface area (Å²) in [4.78, 5) is 13.9. The molecule has 2 unspecified atom stereocenters. The second-order valence-electron chi connectivity index (χ2n) is 4.73. The van der Waals surface area contributed by atoms with Gasteiger partial charge in [0.25, 0.3) is 0 Å². The Hall–Kier alpha value is -0.770. The van der Waals surface area contributed by atoms with Crippen LogP contribution in [0.5, 0.6) is 0 Å². The van der Waals surface area contributed by atoms with Gasteiger partial charge < -0.3 is 10.0 Å². The van der Waals surface area contributed by atoms with E-state index in [4.69, 9.17) is 28.3 Å². The molecule has 0 bridgehead atoms. The highest BCUT2D eigenvalue weighted by molar-refractivity contribution is 6.42. The summed E-state index contributed by atoms with van der Waals surface area (Å²) in [5, 5.41) is 10.0. The van der Waals surface area contributed by atoms with Gasteiger partial charge in [0, 0.05) is 19.0 Å². The molecule has 0 saturated heterocycles. The number of halogens is 2. The zero-order chi connectivity index (χ0) is 14.0. The molecule has 0 heterocycles. The smallest absolute Gasteiger partial charge is 0.226 e. The molecule has 2 atom stereocenters. The quantitative estimate of drug-likeness (QED) is 0.908. The summed E-state index contributed by atoms with van der Waals surface area (Å²) in [5.41, 5.74) is 0.951. The summed E-state index contributed by atoms with van der Waals surface area (Å²) in [5.74, 6) is 0.228. The lowest BCUT2D eigenvalue weighted by molar-refractivity contribution is -0.133. The summed E-state index contributed by atoms with van der Waals surface area (Å²) in [6.07, 6.45) is 0.806. The lowest BCUT2D eigenvalue weighted by Gasteiger charge is -2.19. The van der Waals surface area contributed by atoms with Crippen LogP contribution in [0.1, 0.15) is 24.8 Å². The largest absolute Gasteiger partial charge is 0.395 e. The zero-order valence-corrected chi connectivity index (χ0v) is 12.3. The highest BCUT2D eigenvalue weighted by atomic mass is 35.5. The van der Waals surface area contributed by atoms with Crippen molar-refractivity contribution in [2.24, 2.45) is 5.92 Å². The molecule has 1 N–H and O–H groups in total. The van der Waals surface area contributed by atoms with E-state index in [0.29, 0.717) is 23.1 Å². The number of hydrogen-bond donors (Lipinski definition) is 1. The third-order valence-electron chi connectivity index (χ3n) is 3.55. The van der Waals surface area contributed by atoms with Crippen LogP contribution < -0.4 is 0 Å². The summed E-state index contributed by atoms with van der Waals surface area (Å²) >= 11 is 12.2. The number of carbonyl (C=O) groups excluding carboxylic acids is 1. The SMILES string of the molecule is CCN(CCO)C(=O)C1CC1c1cccc(Cl)c1Cl. The van der Waals surface area contributed by atoms with Crippen molar-refractivity contribution in [3.63, 3.8) is 0 Å². The molecule has 1 aliphatic rings. The van der Waals surface area contributed by atoms with E-state index in [2.05, 4.69) is 0 Å². The summed E-state index contributed by atoms with van der Waals surface area (Å²) in [6.45, 7) is 2.92. The minimum absolute atomic E-state index is 0.00507. The monoisotopic (exact) mass is 301 g/mol. The predicted octanol–water partition coefficient (Wildman–Crippen LogP) is 2.94. The van der Waals surface area contributed by atoms with E-state index in [0.717, 1.165) is 12.0 Å². The first-order valence-electron chi connectivity index (χ1n) is 6.43. The lowest BCUT2D eigenvalue weighted by Crippen LogP contribution is -2.34. The van der Waals surface area contributed by atoms with Crippen LogP contribution in [0.15, 0.2) is 18.2 Å². The maximum atomic E-state index is 12.2. The Morgan fingerprint density at radius 1 is 1.47 bits per heavy atom. The number of benzene rings is 1. The van der Waals surface area contributed by atoms with Gasteiger partial charge in [-0.05, 0) is 30.9 Å². The molecular weight excluding hydrogens is 285 g/mol. The van der Waals surface area contributed by atoms with Gasteiger partial charge in [-0.1, -0.05) is 35.3 Å². The van der Waals surface area contributed by atoms with E-state index in [1.165, 1.54) is 0 Å². The van der Waals surface area contributed by atoms with Gasteiger partial charge in [-0.15, -0.1) is 0 Å². The van der Waals surface area contributed by atoms with Gasteiger partial charge in [-0.2, -0.15) is 0 Å². The van der Waals surface area contributed by atoms with Crippen LogP contribution >= 0.6 is 23.2 Å². The molecule has 0 aromatic heterocycles. The molecule has 1 fully saturated rings. The average molecular weight is 302 g/mol. The summed E-state index contributed by atoms with van der Waals surface area (Å²) in [6, 6.07) is 5.53. The normalized spacial score (nSPS) is 21.3. The Morgan fingerprint density at radius 3 is 2.84 bits per heavy atom. The number of hydrogen-bond acceptors (Lipinski definition) is 2. The van der Waals surface area contributed by atoms with Gasteiger partial charge in [-0.3, -0.25) is 4.79 Å². The second kappa shape index (κ2) is 6.12. The molecule has 104 valence electrons. The third kappa shape index (κ3) is 3.04. The number of amides is 1. The van der Waals surface area contributed by atoms with Crippen molar-refractivity contribution in [1.82, 2.24) is 4.90 Å². The average Bonchev–Trinajstić information content (AvgIpc) is 3.18. The first-order chi connectivity index (χ1) is 9.10. The maximum absolute atomic E-state index is 12.2. The van der Waals surface area contributed by atoms with E-state index in [1.807, 2.05) is 19.1 Å². The van der Waals surface area contributed by atoms with Crippen LogP contribution in [0.4, 0.5) is 0 Å². The molecule has 1 aromatic carbocycles. The van der Waals surface area contributed by atoms with E-state index in [-0.39, 0.29) is 24.3 Å². The van der Waals surface area contributed by atoms with Gasteiger partial charge in [0.05, 0.1) is 16.7 Å². The van der Waals surface area contributed by atoms with Crippen LogP contribution in [0.25, 0.3) is 0 Å². The highest BCUT2D eigenvalue weighted by Crippen LogP contribution is 2.51. The van der Waals surface area contributed by atoms with Crippen LogP contribution in [0.3, 0.4) is 0 Å². The number of likely N-dealkylation sites (N-methyl/N-ethyl adjacent to an activating group) is 1. The molecule has 3 nitrogen and oxygen atoms in total. The zero-order valence-electron chi connectivity index (χ0n) is 10.8. The van der Waals surface area contributed by atoms with Crippen molar-refractivity contribution in [3.05, 3.63) is 33.8 Å². The Balaban J connectivity index is 2.08. The van der Waals surface area contributed by atoms with Gasteiger partial charge in [0.15, 0.2) is 0 Å². The molecule has 1 saturated carbocycles. The second-order valence-corrected chi connectivity index (χ2v) is 5.52. The number of nitrogens with zero attached hydrogens (tertiary/aromatic N) is 1. The number of aliphatic hydroxyl groups excluding tert-OH is 1. The minimum Gasteiger partial charge on any atom is -0.395 e. The fourth-order valence-corrected chi connectivity index (χ4v) is 2.85. The van der Waals surface area contributed by atoms with Crippen LogP contribution in [0.2, 0.25) is 10.0 Å². The Bertz CT molecular complexity index is 479. The first kappa shape index (κ1) is 14.6. The molecule has 0 spiro atoms. The Kier molecular flexibility index (Phi) is 4.71. The van der Waals surface area contributed by atoms with Gasteiger partial charge in [0.2, 0.25) is 5.91 Å². The van der Waals surface area contributed by atoms with E-state index < -0.39 is 0 Å². The Labute approximate surface area is 123 Å². The summed E-state index contributed by atoms with van der Waals surface area (Å²) < 4.78 is 0. The third-order valence-corrected chi connectivity index (χ3v) is 4.39. The Morgan fingerprint density at radius 2 is 2.21 bits per heavy atom. The van der Waals surface area contributed by atoms with Crippen molar-refractivity contribution in [1.29, 1.82) is 0 Å². The highest BCUT2D eigenvalue weighted by Gasteiger charge is 2.46. The molecule has 0 radical (unpaired) electrons. The molecular formula is C14H17Cl2NO2. The fourth-order valence-electron chi connectivity index (χ4n) is 2.40. The van der Waals surface area contributed by atoms with Crippen molar-refractivity contribution in [2.45, 2.75) is 19.3 Å². The molecule has 19 heavy (non-hydrogen) atoms. The number of rotatable bonds is 5. The van der Waals surface area contributed by atoms with Crippen LogP contribution in [-0.2, 0) is 4.79 Å². The molecule has 1 aliphatic carbocycles. The van der Waals surface area contributed by atoms with E-state index in [9.17, 15) is 4.79 Å². The van der Waals surface area contributed by atoms with Crippen LogP contribution in [-0.4, -0.2) is 35.6 Å². The predicted molar refractivity (Wildman–Crippen MR) is 76.6 cm³/mol. The number of carbonyl (C=O) groups is 1. The van der Waals surface area contributed by atoms with Crippen LogP contribution in [0, 0.1) is 5.92 Å². The van der Waals surface area contributed by atoms with Gasteiger partial charge >= 0.3 is 0 Å². The van der Waals surface area contributed by atoms with E-state index in [1.54, 1.807) is 11.0 Å². The standard InChI is InChI=1S/C14H17Cl2NO2/c1-2-17(6-7-18)14(19)11-8-10(11)9-4-3-5-12(15)13(9)16/h3-5,10-11,18H,2,6-8H2,1H3.